The molecule has 0 saturated heterocycles. The molecule has 0 radical (unpaired) electrons. The van der Waals surface area contributed by atoms with Crippen molar-refractivity contribution >= 4 is 40.5 Å². The second kappa shape index (κ2) is 10.1. The van der Waals surface area contributed by atoms with Crippen LogP contribution >= 0.6 is 22.9 Å². The van der Waals surface area contributed by atoms with Crippen molar-refractivity contribution in [3.05, 3.63) is 74.7 Å². The molecule has 0 spiro atoms. The summed E-state index contributed by atoms with van der Waals surface area (Å²) in [6, 6.07) is 15.5. The van der Waals surface area contributed by atoms with Crippen LogP contribution in [0.5, 0.6) is 5.75 Å². The number of nitrogens with one attached hydrogen (secondary N) is 1. The van der Waals surface area contributed by atoms with E-state index in [0.717, 1.165) is 11.3 Å². The van der Waals surface area contributed by atoms with Gasteiger partial charge in [0, 0.05) is 5.02 Å². The van der Waals surface area contributed by atoms with Gasteiger partial charge in [0.1, 0.15) is 28.3 Å². The number of nitrogens with zero attached hydrogens (tertiary/aromatic N) is 2. The van der Waals surface area contributed by atoms with Crippen LogP contribution in [-0.2, 0) is 16.1 Å². The number of benzene rings is 2. The Labute approximate surface area is 188 Å². The minimum Gasteiger partial charge on any atom is -0.486 e. The lowest BCUT2D eigenvalue weighted by molar-refractivity contribution is -0.123. The van der Waals surface area contributed by atoms with Crippen molar-refractivity contribution in [1.29, 1.82) is 5.26 Å². The van der Waals surface area contributed by atoms with Gasteiger partial charge < -0.3 is 14.8 Å². The van der Waals surface area contributed by atoms with Gasteiger partial charge in [0.05, 0.1) is 16.9 Å². The molecule has 9 heteroatoms. The molecular formula is C22H18ClN3O4S. The Balaban J connectivity index is 1.60. The number of hydrogen-bond donors (Lipinski definition) is 1. The van der Waals surface area contributed by atoms with Gasteiger partial charge in [-0.25, -0.2) is 9.78 Å². The van der Waals surface area contributed by atoms with E-state index in [2.05, 4.69) is 10.3 Å². The largest absolute Gasteiger partial charge is 0.486 e. The number of carbonyl (C=O) groups excluding carboxylic acids is 2. The molecule has 1 aromatic heterocycles. The van der Waals surface area contributed by atoms with Crippen LogP contribution in [0.3, 0.4) is 0 Å². The molecule has 1 heterocycles. The Morgan fingerprint density at radius 1 is 1.23 bits per heavy atom. The fraction of sp³-hybridized carbons (Fsp3) is 0.182. The van der Waals surface area contributed by atoms with Gasteiger partial charge in [0.15, 0.2) is 6.10 Å². The van der Waals surface area contributed by atoms with Gasteiger partial charge in [0.25, 0.3) is 5.91 Å². The summed E-state index contributed by atoms with van der Waals surface area (Å²) in [6.45, 7) is 3.33. The van der Waals surface area contributed by atoms with Crippen molar-refractivity contribution < 1.29 is 19.1 Å². The van der Waals surface area contributed by atoms with Gasteiger partial charge in [0.2, 0.25) is 0 Å². The first-order valence-corrected chi connectivity index (χ1v) is 10.4. The standard InChI is InChI=1S/C22H18ClN3O4S/c1-13-20(31-19(25-13)12-29-17-9-7-16(23)8-10-17)22(28)30-14(2)21(27)26-18-6-4-3-5-15(18)11-24/h3-10,14H,12H2,1-2H3,(H,26,27). The molecule has 31 heavy (non-hydrogen) atoms. The molecule has 0 fully saturated rings. The van der Waals surface area contributed by atoms with E-state index in [0.29, 0.717) is 37.6 Å². The number of ether oxygens (including phenoxy) is 2. The van der Waals surface area contributed by atoms with E-state index in [1.807, 2.05) is 6.07 Å². The zero-order valence-corrected chi connectivity index (χ0v) is 18.3. The predicted octanol–water partition coefficient (Wildman–Crippen LogP) is 4.74. The summed E-state index contributed by atoms with van der Waals surface area (Å²) >= 11 is 6.99. The summed E-state index contributed by atoms with van der Waals surface area (Å²) in [7, 11) is 0. The summed E-state index contributed by atoms with van der Waals surface area (Å²) in [6.07, 6.45) is -1.06. The van der Waals surface area contributed by atoms with Crippen LogP contribution in [0.15, 0.2) is 48.5 Å². The number of carbonyl (C=O) groups is 2. The average Bonchev–Trinajstić information content (AvgIpc) is 3.14. The topological polar surface area (TPSA) is 101 Å². The number of aromatic nitrogens is 1. The molecule has 3 rings (SSSR count). The predicted molar refractivity (Wildman–Crippen MR) is 117 cm³/mol. The Hall–Kier alpha value is -3.41. The van der Waals surface area contributed by atoms with Gasteiger partial charge >= 0.3 is 5.97 Å². The first-order chi connectivity index (χ1) is 14.9. The first kappa shape index (κ1) is 22.3. The smallest absolute Gasteiger partial charge is 0.351 e. The van der Waals surface area contributed by atoms with Crippen LogP contribution < -0.4 is 10.1 Å². The average molecular weight is 456 g/mol. The monoisotopic (exact) mass is 455 g/mol. The zero-order valence-electron chi connectivity index (χ0n) is 16.7. The van der Waals surface area contributed by atoms with Gasteiger partial charge in [-0.2, -0.15) is 5.26 Å². The molecule has 1 N–H and O–H groups in total. The van der Waals surface area contributed by atoms with E-state index in [1.54, 1.807) is 55.5 Å². The second-order valence-electron chi connectivity index (χ2n) is 6.46. The Morgan fingerprint density at radius 3 is 2.65 bits per heavy atom. The maximum absolute atomic E-state index is 12.5. The number of esters is 1. The number of halogens is 1. The number of amides is 1. The lowest BCUT2D eigenvalue weighted by atomic mass is 10.2. The molecule has 2 aromatic carbocycles. The van der Waals surface area contributed by atoms with Gasteiger partial charge in [-0.1, -0.05) is 23.7 Å². The summed E-state index contributed by atoms with van der Waals surface area (Å²) in [5, 5.41) is 12.9. The Bertz CT molecular complexity index is 1140. The lowest BCUT2D eigenvalue weighted by Gasteiger charge is -2.13. The minimum atomic E-state index is -1.06. The summed E-state index contributed by atoms with van der Waals surface area (Å²) in [5.74, 6) is -0.558. The SMILES string of the molecule is Cc1nc(COc2ccc(Cl)cc2)sc1C(=O)OC(C)C(=O)Nc1ccccc1C#N. The number of anilines is 1. The molecule has 0 saturated carbocycles. The van der Waals surface area contributed by atoms with Crippen molar-refractivity contribution in [2.75, 3.05) is 5.32 Å². The van der Waals surface area contributed by atoms with Gasteiger partial charge in [-0.05, 0) is 50.2 Å². The maximum atomic E-state index is 12.5. The maximum Gasteiger partial charge on any atom is 0.351 e. The molecule has 1 atom stereocenters. The van der Waals surface area contributed by atoms with Crippen LogP contribution in [-0.4, -0.2) is 23.0 Å². The number of rotatable bonds is 7. The number of aryl methyl sites for hydroxylation is 1. The third-order valence-corrected chi connectivity index (χ3v) is 5.52. The van der Waals surface area contributed by atoms with E-state index in [9.17, 15) is 9.59 Å². The second-order valence-corrected chi connectivity index (χ2v) is 7.98. The molecular weight excluding hydrogens is 438 g/mol. The normalized spacial score (nSPS) is 11.3. The third kappa shape index (κ3) is 5.81. The number of thiazole rings is 1. The van der Waals surface area contributed by atoms with Gasteiger partial charge in [-0.15, -0.1) is 11.3 Å². The van der Waals surface area contributed by atoms with E-state index >= 15 is 0 Å². The summed E-state index contributed by atoms with van der Waals surface area (Å²) < 4.78 is 10.9. The molecule has 0 aliphatic carbocycles. The first-order valence-electron chi connectivity index (χ1n) is 9.23. The zero-order chi connectivity index (χ0) is 22.4. The van der Waals surface area contributed by atoms with Crippen molar-refractivity contribution in [1.82, 2.24) is 4.98 Å². The van der Waals surface area contributed by atoms with Crippen molar-refractivity contribution in [2.24, 2.45) is 0 Å². The third-order valence-electron chi connectivity index (χ3n) is 4.16. The highest BCUT2D eigenvalue weighted by molar-refractivity contribution is 7.13. The van der Waals surface area contributed by atoms with E-state index < -0.39 is 18.0 Å². The number of para-hydroxylation sites is 1. The fourth-order valence-electron chi connectivity index (χ4n) is 2.57. The lowest BCUT2D eigenvalue weighted by Crippen LogP contribution is -2.30. The molecule has 0 aliphatic heterocycles. The molecule has 1 amide bonds. The molecule has 1 unspecified atom stereocenters. The Morgan fingerprint density at radius 2 is 1.94 bits per heavy atom. The number of nitriles is 1. The van der Waals surface area contributed by atoms with Crippen molar-refractivity contribution in [2.45, 2.75) is 26.6 Å². The van der Waals surface area contributed by atoms with Crippen molar-refractivity contribution in [3.63, 3.8) is 0 Å². The minimum absolute atomic E-state index is 0.182. The van der Waals surface area contributed by atoms with E-state index in [4.69, 9.17) is 26.3 Å². The molecule has 0 bridgehead atoms. The molecule has 0 aliphatic rings. The fourth-order valence-corrected chi connectivity index (χ4v) is 3.56. The van der Waals surface area contributed by atoms with E-state index in [-0.39, 0.29) is 6.61 Å². The highest BCUT2D eigenvalue weighted by Gasteiger charge is 2.23. The highest BCUT2D eigenvalue weighted by Crippen LogP contribution is 2.23. The summed E-state index contributed by atoms with van der Waals surface area (Å²) in [5.41, 5.74) is 1.17. The van der Waals surface area contributed by atoms with Crippen LogP contribution in [0.1, 0.15) is 32.9 Å². The van der Waals surface area contributed by atoms with E-state index in [1.165, 1.54) is 6.92 Å². The Kier molecular flexibility index (Phi) is 7.23. The molecule has 158 valence electrons. The summed E-state index contributed by atoms with van der Waals surface area (Å²) in [4.78, 5) is 29.6. The van der Waals surface area contributed by atoms with Crippen LogP contribution in [0.2, 0.25) is 5.02 Å². The molecule has 3 aromatic rings. The van der Waals surface area contributed by atoms with Crippen LogP contribution in [0, 0.1) is 18.3 Å². The van der Waals surface area contributed by atoms with Gasteiger partial charge in [-0.3, -0.25) is 4.79 Å². The quantitative estimate of drug-likeness (QED) is 0.516. The van der Waals surface area contributed by atoms with Crippen LogP contribution in [0.25, 0.3) is 0 Å². The van der Waals surface area contributed by atoms with Crippen LogP contribution in [0.4, 0.5) is 5.69 Å². The van der Waals surface area contributed by atoms with Crippen molar-refractivity contribution in [3.8, 4) is 11.8 Å². The molecule has 7 nitrogen and oxygen atoms in total. The number of hydrogen-bond acceptors (Lipinski definition) is 7. The highest BCUT2D eigenvalue weighted by atomic mass is 35.5.